The summed E-state index contributed by atoms with van der Waals surface area (Å²) in [7, 11) is 0. The SMILES string of the molecule is C=C(CCC(C)C1CCC2C3=C(C(=O)CC21C)C1(C)CCC(=O)C(C)C1CC3)C(C)C(C)=O.CC(C)C(C)C(C)/C=C/C(C)C1CCC2C3=CCC4CC(=O)CCC4(C)C3CCC21C. The van der Waals surface area contributed by atoms with Gasteiger partial charge in [0.05, 0.1) is 0 Å². The maximum Gasteiger partial charge on any atom is 0.159 e. The van der Waals surface area contributed by atoms with Crippen molar-refractivity contribution >= 4 is 23.1 Å². The van der Waals surface area contributed by atoms with E-state index < -0.39 is 0 Å². The van der Waals surface area contributed by atoms with Crippen molar-refractivity contribution in [3.8, 4) is 0 Å². The highest BCUT2D eigenvalue weighted by Gasteiger charge is 2.60. The molecule has 5 saturated carbocycles. The molecule has 0 saturated heterocycles. The minimum atomic E-state index is -0.108. The summed E-state index contributed by atoms with van der Waals surface area (Å²) in [6.07, 6.45) is 25.8. The zero-order valence-corrected chi connectivity index (χ0v) is 43.2. The number of hydrogen-bond donors (Lipinski definition) is 0. The molecule has 0 aromatic rings. The lowest BCUT2D eigenvalue weighted by Gasteiger charge is -2.57. The molecule has 8 rings (SSSR count). The van der Waals surface area contributed by atoms with Crippen molar-refractivity contribution in [2.24, 2.45) is 105 Å². The van der Waals surface area contributed by atoms with E-state index in [-0.39, 0.29) is 28.4 Å². The summed E-state index contributed by atoms with van der Waals surface area (Å²) in [4.78, 5) is 50.1. The first kappa shape index (κ1) is 49.5. The van der Waals surface area contributed by atoms with Gasteiger partial charge in [-0.2, -0.15) is 0 Å². The van der Waals surface area contributed by atoms with Crippen LogP contribution in [-0.4, -0.2) is 23.1 Å². The zero-order valence-electron chi connectivity index (χ0n) is 43.2. The topological polar surface area (TPSA) is 68.3 Å². The van der Waals surface area contributed by atoms with Gasteiger partial charge in [0.2, 0.25) is 0 Å². The highest BCUT2D eigenvalue weighted by molar-refractivity contribution is 6.00. The number of carbonyl (C=O) groups excluding carboxylic acids is 4. The molecule has 0 aromatic carbocycles. The maximum absolute atomic E-state index is 13.8. The molecule has 0 aromatic heterocycles. The molecule has 8 aliphatic carbocycles. The summed E-state index contributed by atoms with van der Waals surface area (Å²) in [5, 5.41) is 0. The number of ketones is 4. The fourth-order valence-electron chi connectivity index (χ4n) is 17.2. The van der Waals surface area contributed by atoms with Crippen molar-refractivity contribution in [3.63, 3.8) is 0 Å². The normalized spacial score (nSPS) is 41.6. The molecule has 0 heterocycles. The van der Waals surface area contributed by atoms with Gasteiger partial charge in [-0.15, -0.1) is 0 Å². The second-order valence-corrected chi connectivity index (χ2v) is 25.5. The zero-order chi connectivity index (χ0) is 46.8. The number of fused-ring (bicyclic) bond motifs is 9. The molecule has 0 amide bonds. The van der Waals surface area contributed by atoms with Crippen molar-refractivity contribution in [1.29, 1.82) is 0 Å². The van der Waals surface area contributed by atoms with Gasteiger partial charge >= 0.3 is 0 Å². The number of carbonyl (C=O) groups is 4. The Morgan fingerprint density at radius 1 is 0.781 bits per heavy atom. The Morgan fingerprint density at radius 2 is 1.45 bits per heavy atom. The largest absolute Gasteiger partial charge is 0.300 e. The predicted molar refractivity (Wildman–Crippen MR) is 264 cm³/mol. The van der Waals surface area contributed by atoms with Gasteiger partial charge in [-0.05, 0) is 183 Å². The molecule has 4 nitrogen and oxygen atoms in total. The molecule has 4 heteroatoms. The van der Waals surface area contributed by atoms with E-state index in [2.05, 4.69) is 101 Å². The van der Waals surface area contributed by atoms with Crippen LogP contribution in [0.1, 0.15) is 199 Å². The van der Waals surface area contributed by atoms with Crippen molar-refractivity contribution in [1.82, 2.24) is 0 Å². The maximum atomic E-state index is 13.8. The van der Waals surface area contributed by atoms with E-state index in [0.29, 0.717) is 82.4 Å². The van der Waals surface area contributed by atoms with Gasteiger partial charge in [-0.25, -0.2) is 0 Å². The molecule has 356 valence electrons. The lowest BCUT2D eigenvalue weighted by Crippen LogP contribution is -2.50. The predicted octanol–water partition coefficient (Wildman–Crippen LogP) is 15.2. The van der Waals surface area contributed by atoms with Crippen LogP contribution < -0.4 is 0 Å². The third-order valence-corrected chi connectivity index (χ3v) is 22.1. The first-order valence-electron chi connectivity index (χ1n) is 26.9. The van der Waals surface area contributed by atoms with Crippen molar-refractivity contribution in [3.05, 3.63) is 47.1 Å². The van der Waals surface area contributed by atoms with Crippen LogP contribution in [0.5, 0.6) is 0 Å². The molecular weight excluding hydrogens is 785 g/mol. The molecule has 64 heavy (non-hydrogen) atoms. The summed E-state index contributed by atoms with van der Waals surface area (Å²) in [5.74, 6) is 9.19. The van der Waals surface area contributed by atoms with Gasteiger partial charge in [0.1, 0.15) is 17.3 Å². The highest BCUT2D eigenvalue weighted by atomic mass is 16.1. The highest BCUT2D eigenvalue weighted by Crippen LogP contribution is 2.68. The van der Waals surface area contributed by atoms with Crippen LogP contribution in [0.15, 0.2) is 47.1 Å². The van der Waals surface area contributed by atoms with Crippen molar-refractivity contribution < 1.29 is 19.2 Å². The van der Waals surface area contributed by atoms with E-state index >= 15 is 0 Å². The number of allylic oxidation sites excluding steroid dienone is 7. The third-order valence-electron chi connectivity index (χ3n) is 22.1. The molecule has 8 aliphatic rings. The van der Waals surface area contributed by atoms with E-state index in [9.17, 15) is 19.2 Å². The van der Waals surface area contributed by atoms with Gasteiger partial charge in [-0.1, -0.05) is 125 Å². The Balaban J connectivity index is 0.000000192. The van der Waals surface area contributed by atoms with Gasteiger partial charge in [0, 0.05) is 43.1 Å². The van der Waals surface area contributed by atoms with Crippen LogP contribution in [0.2, 0.25) is 0 Å². The molecule has 0 bridgehead atoms. The van der Waals surface area contributed by atoms with E-state index in [1.807, 2.05) is 12.5 Å². The van der Waals surface area contributed by atoms with Crippen molar-refractivity contribution in [2.45, 2.75) is 199 Å². The van der Waals surface area contributed by atoms with Gasteiger partial charge < -0.3 is 0 Å². The molecule has 17 atom stereocenters. The quantitative estimate of drug-likeness (QED) is 0.194. The summed E-state index contributed by atoms with van der Waals surface area (Å²) < 4.78 is 0. The smallest absolute Gasteiger partial charge is 0.159 e. The van der Waals surface area contributed by atoms with E-state index in [0.717, 1.165) is 98.5 Å². The molecule has 0 aliphatic heterocycles. The van der Waals surface area contributed by atoms with Gasteiger partial charge in [0.25, 0.3) is 0 Å². The molecule has 17 unspecified atom stereocenters. The standard InChI is InChI=1S/C30H44O3.C30H48O/c1-17(19(3)21(5)31)8-9-18(2)23-12-13-25-22-10-11-24-20(4)26(32)14-15-29(24,6)28(22)27(33)16-30(23,25)7;1-19(2)22(5)20(3)8-9-21(4)26-12-13-27-25-11-10-23-18-24(31)14-16-29(23,6)28(25)15-17-30(26,27)7/h18-20,23-25H,1,8-16H2,2-7H3;8-9,11,19-23,26-28H,10,12-18H2,1-7H3/b;9-8+. The Kier molecular flexibility index (Phi) is 14.4. The van der Waals surface area contributed by atoms with Crippen molar-refractivity contribution in [2.75, 3.05) is 0 Å². The Labute approximate surface area is 391 Å². The summed E-state index contributed by atoms with van der Waals surface area (Å²) in [5.41, 5.74) is 6.27. The van der Waals surface area contributed by atoms with Crippen LogP contribution in [0.3, 0.4) is 0 Å². The van der Waals surface area contributed by atoms with Crippen LogP contribution in [0.25, 0.3) is 0 Å². The second kappa shape index (κ2) is 18.6. The summed E-state index contributed by atoms with van der Waals surface area (Å²) >= 11 is 0. The van der Waals surface area contributed by atoms with Gasteiger partial charge in [-0.3, -0.25) is 19.2 Å². The van der Waals surface area contributed by atoms with Crippen LogP contribution in [-0.2, 0) is 19.2 Å². The Bertz CT molecular complexity index is 1930. The molecule has 5 fully saturated rings. The second-order valence-electron chi connectivity index (χ2n) is 25.5. The Morgan fingerprint density at radius 3 is 2.14 bits per heavy atom. The molecule has 0 N–H and O–H groups in total. The number of hydrogen-bond acceptors (Lipinski definition) is 4. The first-order valence-corrected chi connectivity index (χ1v) is 26.9. The minimum Gasteiger partial charge on any atom is -0.300 e. The lowest BCUT2D eigenvalue weighted by molar-refractivity contribution is -0.133. The first-order chi connectivity index (χ1) is 30.0. The number of Topliss-reactive ketones (excluding diaryl/α,β-unsaturated/α-hetero) is 4. The third kappa shape index (κ3) is 8.58. The molecule has 0 radical (unpaired) electrons. The van der Waals surface area contributed by atoms with E-state index in [1.54, 1.807) is 6.92 Å². The fourth-order valence-corrected chi connectivity index (χ4v) is 17.2. The average molecular weight is 877 g/mol. The molecule has 0 spiro atoms. The fraction of sp³-hybridized carbons (Fsp3) is 0.800. The van der Waals surface area contributed by atoms with E-state index in [4.69, 9.17) is 0 Å². The van der Waals surface area contributed by atoms with Crippen LogP contribution >= 0.6 is 0 Å². The van der Waals surface area contributed by atoms with Crippen LogP contribution in [0.4, 0.5) is 0 Å². The monoisotopic (exact) mass is 877 g/mol. The Hall–Kier alpha value is -2.36. The summed E-state index contributed by atoms with van der Waals surface area (Å²) in [6, 6.07) is 0. The van der Waals surface area contributed by atoms with E-state index in [1.165, 1.54) is 44.1 Å². The summed E-state index contributed by atoms with van der Waals surface area (Å²) in [6.45, 7) is 34.1. The average Bonchev–Trinajstić information content (AvgIpc) is 3.79. The van der Waals surface area contributed by atoms with Gasteiger partial charge in [0.15, 0.2) is 5.78 Å². The van der Waals surface area contributed by atoms with Crippen LogP contribution in [0, 0.1) is 105 Å². The minimum absolute atomic E-state index is 0.0438. The number of rotatable bonds is 11. The molecular formula is C60H92O4. The lowest BCUT2D eigenvalue weighted by atomic mass is 9.48.